The number of rotatable bonds is 3. The molecule has 0 N–H and O–H groups in total. The van der Waals surface area contributed by atoms with E-state index in [1.807, 2.05) is 30.3 Å². The van der Waals surface area contributed by atoms with Crippen LogP contribution in [-0.4, -0.2) is 5.97 Å². The number of ether oxygens (including phenoxy) is 1. The summed E-state index contributed by atoms with van der Waals surface area (Å²) in [6.07, 6.45) is 0. The fourth-order valence-corrected chi connectivity index (χ4v) is 0.846. The van der Waals surface area contributed by atoms with Crippen LogP contribution >= 0.6 is 0 Å². The summed E-state index contributed by atoms with van der Waals surface area (Å²) in [4.78, 5) is 11.0. The molecule has 0 aliphatic heterocycles. The quantitative estimate of drug-likeness (QED) is 0.403. The maximum Gasteiger partial charge on any atom is 0.333 e. The molecule has 13 heavy (non-hydrogen) atoms. The van der Waals surface area contributed by atoms with E-state index in [1.54, 1.807) is 6.92 Å². The predicted octanol–water partition coefficient (Wildman–Crippen LogP) is 2.31. The van der Waals surface area contributed by atoms with Crippen molar-refractivity contribution in [2.75, 3.05) is 0 Å². The fourth-order valence-electron chi connectivity index (χ4n) is 0.846. The molecule has 0 saturated carbocycles. The molecule has 0 aromatic heterocycles. The molecule has 0 atom stereocenters. The van der Waals surface area contributed by atoms with Crippen LogP contribution in [0.3, 0.4) is 0 Å². The summed E-state index contributed by atoms with van der Waals surface area (Å²) in [6, 6.07) is 9.55. The number of hydrogen-bond donors (Lipinski definition) is 0. The Labute approximate surface area is 77.8 Å². The molecule has 2 nitrogen and oxygen atoms in total. The standard InChI is InChI=1S/C11H12O2/c1-9(2)11(12)13-8-10-6-4-3-5-7-10/h3-7H,1,8H2,2H3/i2+1,9+1. The molecule has 0 unspecified atom stereocenters. The average Bonchev–Trinajstić information content (AvgIpc) is 2.15. The summed E-state index contributed by atoms with van der Waals surface area (Å²) in [7, 11) is 0. The van der Waals surface area contributed by atoms with Gasteiger partial charge in [0.05, 0.1) is 0 Å². The number of esters is 1. The Kier molecular flexibility index (Phi) is 3.26. The van der Waals surface area contributed by atoms with E-state index in [4.69, 9.17) is 4.74 Å². The van der Waals surface area contributed by atoms with Crippen LogP contribution in [0.2, 0.25) is 0 Å². The lowest BCUT2D eigenvalue weighted by Gasteiger charge is -2.03. The van der Waals surface area contributed by atoms with Gasteiger partial charge in [-0.3, -0.25) is 0 Å². The van der Waals surface area contributed by atoms with Crippen molar-refractivity contribution in [2.24, 2.45) is 0 Å². The number of benzene rings is 1. The topological polar surface area (TPSA) is 26.3 Å². The van der Waals surface area contributed by atoms with Crippen LogP contribution in [0.1, 0.15) is 12.5 Å². The minimum Gasteiger partial charge on any atom is -0.457 e. The molecule has 1 aromatic carbocycles. The molecular formula is C11H12O2. The monoisotopic (exact) mass is 178 g/mol. The zero-order chi connectivity index (χ0) is 9.68. The highest BCUT2D eigenvalue weighted by molar-refractivity contribution is 5.86. The molecule has 1 aromatic rings. The van der Waals surface area contributed by atoms with E-state index < -0.39 is 0 Å². The fraction of sp³-hybridized carbons (Fsp3) is 0.182. The summed E-state index contributed by atoms with van der Waals surface area (Å²) < 4.78 is 4.95. The number of hydrogen-bond acceptors (Lipinski definition) is 2. The minimum absolute atomic E-state index is 0.312. The summed E-state index contributed by atoms with van der Waals surface area (Å²) in [6.45, 7) is 5.44. The van der Waals surface area contributed by atoms with Crippen LogP contribution in [-0.2, 0) is 16.1 Å². The second-order valence-corrected chi connectivity index (χ2v) is 2.84. The Balaban J connectivity index is 2.44. The molecule has 0 spiro atoms. The van der Waals surface area contributed by atoms with Crippen molar-refractivity contribution in [1.29, 1.82) is 0 Å². The molecule has 0 fully saturated rings. The lowest BCUT2D eigenvalue weighted by Crippen LogP contribution is -2.04. The van der Waals surface area contributed by atoms with Crippen molar-refractivity contribution >= 4 is 5.97 Å². The smallest absolute Gasteiger partial charge is 0.333 e. The first-order valence-corrected chi connectivity index (χ1v) is 4.06. The first kappa shape index (κ1) is 9.52. The van der Waals surface area contributed by atoms with Crippen LogP contribution < -0.4 is 0 Å². The van der Waals surface area contributed by atoms with Crippen LogP contribution in [0, 0.1) is 0 Å². The third-order valence-electron chi connectivity index (χ3n) is 1.56. The Morgan fingerprint density at radius 1 is 1.38 bits per heavy atom. The first-order chi connectivity index (χ1) is 6.20. The van der Waals surface area contributed by atoms with Crippen molar-refractivity contribution in [3.63, 3.8) is 0 Å². The Bertz CT molecular complexity index is 301. The van der Waals surface area contributed by atoms with Gasteiger partial charge >= 0.3 is 5.97 Å². The second kappa shape index (κ2) is 4.45. The van der Waals surface area contributed by atoms with Gasteiger partial charge in [0.15, 0.2) is 0 Å². The zero-order valence-corrected chi connectivity index (χ0v) is 7.62. The predicted molar refractivity (Wildman–Crippen MR) is 51.1 cm³/mol. The molecule has 0 heterocycles. The molecule has 68 valence electrons. The van der Waals surface area contributed by atoms with E-state index in [0.717, 1.165) is 5.56 Å². The highest BCUT2D eigenvalue weighted by Gasteiger charge is 2.02. The van der Waals surface area contributed by atoms with Gasteiger partial charge in [-0.1, -0.05) is 36.9 Å². The van der Waals surface area contributed by atoms with Gasteiger partial charge in [-0.15, -0.1) is 0 Å². The van der Waals surface area contributed by atoms with E-state index in [9.17, 15) is 4.79 Å². The van der Waals surface area contributed by atoms with Gasteiger partial charge in [0.2, 0.25) is 0 Å². The van der Waals surface area contributed by atoms with Gasteiger partial charge < -0.3 is 4.74 Å². The van der Waals surface area contributed by atoms with Gasteiger partial charge in [-0.05, 0) is 12.5 Å². The van der Waals surface area contributed by atoms with Crippen molar-refractivity contribution < 1.29 is 9.53 Å². The third-order valence-corrected chi connectivity index (χ3v) is 1.56. The molecule has 2 heteroatoms. The van der Waals surface area contributed by atoms with Crippen molar-refractivity contribution in [1.82, 2.24) is 0 Å². The van der Waals surface area contributed by atoms with E-state index >= 15 is 0 Å². The summed E-state index contributed by atoms with van der Waals surface area (Å²) in [5, 5.41) is 0. The second-order valence-electron chi connectivity index (χ2n) is 2.84. The molecule has 0 aliphatic rings. The Morgan fingerprint density at radius 2 is 2.00 bits per heavy atom. The highest BCUT2D eigenvalue weighted by Crippen LogP contribution is 2.02. The van der Waals surface area contributed by atoms with Gasteiger partial charge in [-0.2, -0.15) is 0 Å². The van der Waals surface area contributed by atoms with E-state index in [0.29, 0.717) is 12.2 Å². The van der Waals surface area contributed by atoms with Gasteiger partial charge in [0.1, 0.15) is 6.61 Å². The molecule has 0 radical (unpaired) electrons. The molecule has 0 saturated heterocycles. The molecular weight excluding hydrogens is 166 g/mol. The van der Waals surface area contributed by atoms with E-state index in [1.165, 1.54) is 0 Å². The molecule has 1 rings (SSSR count). The van der Waals surface area contributed by atoms with E-state index in [-0.39, 0.29) is 5.97 Å². The molecule has 0 bridgehead atoms. The average molecular weight is 178 g/mol. The normalized spacial score (nSPS) is 9.31. The third kappa shape index (κ3) is 3.11. The lowest BCUT2D eigenvalue weighted by molar-refractivity contribution is -0.140. The largest absolute Gasteiger partial charge is 0.457 e. The van der Waals surface area contributed by atoms with Gasteiger partial charge in [0.25, 0.3) is 0 Å². The van der Waals surface area contributed by atoms with Crippen LogP contribution in [0.15, 0.2) is 42.5 Å². The van der Waals surface area contributed by atoms with Crippen molar-refractivity contribution in [3.05, 3.63) is 48.0 Å². The summed E-state index contributed by atoms with van der Waals surface area (Å²) in [5.41, 5.74) is 1.41. The van der Waals surface area contributed by atoms with Crippen LogP contribution in [0.4, 0.5) is 0 Å². The van der Waals surface area contributed by atoms with Crippen molar-refractivity contribution in [3.8, 4) is 0 Å². The van der Waals surface area contributed by atoms with Crippen LogP contribution in [0.5, 0.6) is 0 Å². The Morgan fingerprint density at radius 3 is 2.54 bits per heavy atom. The minimum atomic E-state index is -0.344. The Hall–Kier alpha value is -1.57. The highest BCUT2D eigenvalue weighted by atomic mass is 16.5. The zero-order valence-electron chi connectivity index (χ0n) is 7.62. The van der Waals surface area contributed by atoms with Crippen LogP contribution in [0.25, 0.3) is 0 Å². The molecule has 0 amide bonds. The lowest BCUT2D eigenvalue weighted by atomic mass is 10.2. The summed E-state index contributed by atoms with van der Waals surface area (Å²) in [5.74, 6) is -0.344. The van der Waals surface area contributed by atoms with Gasteiger partial charge in [0, 0.05) is 5.57 Å². The first-order valence-electron chi connectivity index (χ1n) is 4.06. The van der Waals surface area contributed by atoms with Gasteiger partial charge in [-0.25, -0.2) is 4.79 Å². The maximum atomic E-state index is 11.0. The SMILES string of the molecule is C=[13C]([13CH3])C(=O)OCc1ccccc1. The molecule has 0 aliphatic carbocycles. The van der Waals surface area contributed by atoms with E-state index in [2.05, 4.69) is 6.58 Å². The summed E-state index contributed by atoms with van der Waals surface area (Å²) >= 11 is 0. The maximum absolute atomic E-state index is 11.0. The van der Waals surface area contributed by atoms with Crippen molar-refractivity contribution in [2.45, 2.75) is 13.5 Å². The number of carbonyl (C=O) groups is 1. The number of carbonyl (C=O) groups excluding carboxylic acids is 1.